The molecule has 0 radical (unpaired) electrons. The smallest absolute Gasteiger partial charge is 0.118 e. The van der Waals surface area contributed by atoms with Gasteiger partial charge in [0, 0.05) is 0 Å². The maximum absolute atomic E-state index is 5.21. The minimum atomic E-state index is 0.142. The van der Waals surface area contributed by atoms with E-state index in [0.29, 0.717) is 6.54 Å². The minimum Gasteiger partial charge on any atom is -0.497 e. The van der Waals surface area contributed by atoms with Gasteiger partial charge in [0.2, 0.25) is 0 Å². The molecular weight excluding hydrogens is 246 g/mol. The SMILES string of the molecule is CC#CCNC(c1ccccc1)c1ccc(OC)cc1. The van der Waals surface area contributed by atoms with Crippen molar-refractivity contribution in [3.05, 3.63) is 65.7 Å². The number of rotatable bonds is 5. The molecule has 20 heavy (non-hydrogen) atoms. The summed E-state index contributed by atoms with van der Waals surface area (Å²) in [5, 5.41) is 3.48. The summed E-state index contributed by atoms with van der Waals surface area (Å²) in [7, 11) is 1.68. The summed E-state index contributed by atoms with van der Waals surface area (Å²) in [4.78, 5) is 0. The van der Waals surface area contributed by atoms with Crippen molar-refractivity contribution in [3.8, 4) is 17.6 Å². The first-order chi connectivity index (χ1) is 9.85. The largest absolute Gasteiger partial charge is 0.497 e. The van der Waals surface area contributed by atoms with Gasteiger partial charge in [0.05, 0.1) is 19.7 Å². The van der Waals surface area contributed by atoms with E-state index in [1.807, 2.05) is 25.1 Å². The van der Waals surface area contributed by atoms with Crippen LogP contribution in [0.1, 0.15) is 24.1 Å². The van der Waals surface area contributed by atoms with Crippen molar-refractivity contribution < 1.29 is 4.74 Å². The zero-order valence-electron chi connectivity index (χ0n) is 11.9. The first-order valence-corrected chi connectivity index (χ1v) is 6.67. The van der Waals surface area contributed by atoms with E-state index in [1.54, 1.807) is 7.11 Å². The van der Waals surface area contributed by atoms with Crippen molar-refractivity contribution in [3.63, 3.8) is 0 Å². The summed E-state index contributed by atoms with van der Waals surface area (Å²) in [6.45, 7) is 2.52. The van der Waals surface area contributed by atoms with Gasteiger partial charge in [-0.2, -0.15) is 0 Å². The molecule has 0 aliphatic rings. The van der Waals surface area contributed by atoms with Gasteiger partial charge in [-0.15, -0.1) is 5.92 Å². The van der Waals surface area contributed by atoms with Crippen LogP contribution in [-0.2, 0) is 0 Å². The number of nitrogens with one attached hydrogen (secondary N) is 1. The summed E-state index contributed by atoms with van der Waals surface area (Å²) in [6, 6.07) is 18.7. The van der Waals surface area contributed by atoms with Crippen molar-refractivity contribution in [2.45, 2.75) is 13.0 Å². The van der Waals surface area contributed by atoms with Crippen LogP contribution in [-0.4, -0.2) is 13.7 Å². The number of methoxy groups -OCH3 is 1. The Morgan fingerprint density at radius 2 is 1.65 bits per heavy atom. The summed E-state index contributed by atoms with van der Waals surface area (Å²) in [6.07, 6.45) is 0. The predicted molar refractivity (Wildman–Crippen MR) is 82.7 cm³/mol. The molecule has 1 atom stereocenters. The highest BCUT2D eigenvalue weighted by molar-refractivity contribution is 5.35. The molecule has 0 heterocycles. The molecule has 2 rings (SSSR count). The lowest BCUT2D eigenvalue weighted by atomic mass is 9.98. The van der Waals surface area contributed by atoms with Gasteiger partial charge in [0.15, 0.2) is 0 Å². The highest BCUT2D eigenvalue weighted by Gasteiger charge is 2.12. The maximum Gasteiger partial charge on any atom is 0.118 e. The fourth-order valence-corrected chi connectivity index (χ4v) is 2.11. The first kappa shape index (κ1) is 14.2. The molecule has 2 aromatic rings. The Balaban J connectivity index is 2.26. The van der Waals surface area contributed by atoms with Crippen LogP contribution in [0.2, 0.25) is 0 Å². The Morgan fingerprint density at radius 3 is 2.25 bits per heavy atom. The molecule has 0 aliphatic carbocycles. The third-order valence-electron chi connectivity index (χ3n) is 3.15. The molecule has 0 bridgehead atoms. The van der Waals surface area contributed by atoms with Crippen LogP contribution in [0.5, 0.6) is 5.75 Å². The number of ether oxygens (including phenoxy) is 1. The highest BCUT2D eigenvalue weighted by atomic mass is 16.5. The molecule has 102 valence electrons. The molecule has 1 N–H and O–H groups in total. The molecule has 0 saturated heterocycles. The van der Waals surface area contributed by atoms with E-state index in [1.165, 1.54) is 11.1 Å². The van der Waals surface area contributed by atoms with E-state index < -0.39 is 0 Å². The number of hydrogen-bond acceptors (Lipinski definition) is 2. The van der Waals surface area contributed by atoms with E-state index in [2.05, 4.69) is 53.6 Å². The molecule has 0 amide bonds. The summed E-state index contributed by atoms with van der Waals surface area (Å²) >= 11 is 0. The predicted octanol–water partition coefficient (Wildman–Crippen LogP) is 3.40. The van der Waals surface area contributed by atoms with E-state index in [0.717, 1.165) is 5.75 Å². The summed E-state index contributed by atoms with van der Waals surface area (Å²) < 4.78 is 5.21. The van der Waals surface area contributed by atoms with Gasteiger partial charge in [0.25, 0.3) is 0 Å². The lowest BCUT2D eigenvalue weighted by Gasteiger charge is -2.19. The third-order valence-corrected chi connectivity index (χ3v) is 3.15. The first-order valence-electron chi connectivity index (χ1n) is 6.67. The fraction of sp³-hybridized carbons (Fsp3) is 0.222. The van der Waals surface area contributed by atoms with Crippen molar-refractivity contribution in [2.75, 3.05) is 13.7 Å². The summed E-state index contributed by atoms with van der Waals surface area (Å²) in [5.41, 5.74) is 2.44. The van der Waals surface area contributed by atoms with Gasteiger partial charge in [-0.3, -0.25) is 5.32 Å². The Hall–Kier alpha value is -2.24. The number of benzene rings is 2. The third kappa shape index (κ3) is 3.63. The summed E-state index contributed by atoms with van der Waals surface area (Å²) in [5.74, 6) is 6.84. The van der Waals surface area contributed by atoms with Crippen molar-refractivity contribution in [1.29, 1.82) is 0 Å². The molecule has 0 saturated carbocycles. The van der Waals surface area contributed by atoms with Gasteiger partial charge in [-0.25, -0.2) is 0 Å². The molecule has 2 nitrogen and oxygen atoms in total. The second kappa shape index (κ2) is 7.37. The molecular formula is C18H19NO. The normalized spacial score (nSPS) is 11.3. The molecule has 0 aromatic heterocycles. The van der Waals surface area contributed by atoms with Gasteiger partial charge in [-0.05, 0) is 30.2 Å². The van der Waals surface area contributed by atoms with Crippen LogP contribution < -0.4 is 10.1 Å². The minimum absolute atomic E-state index is 0.142. The zero-order valence-corrected chi connectivity index (χ0v) is 11.9. The zero-order chi connectivity index (χ0) is 14.2. The lowest BCUT2D eigenvalue weighted by molar-refractivity contribution is 0.414. The van der Waals surface area contributed by atoms with Crippen LogP contribution in [0, 0.1) is 11.8 Å². The average Bonchev–Trinajstić information content (AvgIpc) is 2.53. The molecule has 0 aliphatic heterocycles. The second-order valence-electron chi connectivity index (χ2n) is 4.42. The highest BCUT2D eigenvalue weighted by Crippen LogP contribution is 2.23. The van der Waals surface area contributed by atoms with Crippen molar-refractivity contribution in [1.82, 2.24) is 5.32 Å². The second-order valence-corrected chi connectivity index (χ2v) is 4.42. The van der Waals surface area contributed by atoms with Gasteiger partial charge in [-0.1, -0.05) is 48.4 Å². The van der Waals surface area contributed by atoms with Crippen LogP contribution in [0.3, 0.4) is 0 Å². The fourth-order valence-electron chi connectivity index (χ4n) is 2.11. The Bertz CT molecular complexity index is 578. The van der Waals surface area contributed by atoms with Gasteiger partial charge >= 0.3 is 0 Å². The van der Waals surface area contributed by atoms with Crippen molar-refractivity contribution >= 4 is 0 Å². The quantitative estimate of drug-likeness (QED) is 0.837. The molecule has 2 heteroatoms. The van der Waals surface area contributed by atoms with Gasteiger partial charge < -0.3 is 4.74 Å². The standard InChI is InChI=1S/C18H19NO/c1-3-4-14-19-18(15-8-6-5-7-9-15)16-10-12-17(20-2)13-11-16/h5-13,18-19H,14H2,1-2H3. The van der Waals surface area contributed by atoms with Crippen molar-refractivity contribution in [2.24, 2.45) is 0 Å². The molecule has 1 unspecified atom stereocenters. The van der Waals surface area contributed by atoms with E-state index >= 15 is 0 Å². The van der Waals surface area contributed by atoms with E-state index in [9.17, 15) is 0 Å². The Kier molecular flexibility index (Phi) is 5.23. The van der Waals surface area contributed by atoms with Crippen LogP contribution in [0.4, 0.5) is 0 Å². The van der Waals surface area contributed by atoms with Crippen LogP contribution in [0.15, 0.2) is 54.6 Å². The number of hydrogen-bond donors (Lipinski definition) is 1. The topological polar surface area (TPSA) is 21.3 Å². The maximum atomic E-state index is 5.21. The Morgan fingerprint density at radius 1 is 1.00 bits per heavy atom. The molecule has 0 spiro atoms. The average molecular weight is 265 g/mol. The monoisotopic (exact) mass is 265 g/mol. The van der Waals surface area contributed by atoms with Crippen LogP contribution >= 0.6 is 0 Å². The lowest BCUT2D eigenvalue weighted by Crippen LogP contribution is -2.22. The molecule has 2 aromatic carbocycles. The van der Waals surface area contributed by atoms with E-state index in [-0.39, 0.29) is 6.04 Å². The van der Waals surface area contributed by atoms with E-state index in [4.69, 9.17) is 4.74 Å². The van der Waals surface area contributed by atoms with Crippen LogP contribution in [0.25, 0.3) is 0 Å². The molecule has 0 fully saturated rings. The van der Waals surface area contributed by atoms with Gasteiger partial charge in [0.1, 0.15) is 5.75 Å². The Labute approximate surface area is 120 Å².